The molecular formula is C10H22N2O2S. The Balaban J connectivity index is 3.01. The Morgan fingerprint density at radius 3 is 2.47 bits per heavy atom. The Labute approximate surface area is 92.9 Å². The van der Waals surface area contributed by atoms with E-state index in [0.717, 1.165) is 19.3 Å². The molecule has 0 saturated carbocycles. The van der Waals surface area contributed by atoms with Crippen molar-refractivity contribution in [3.8, 4) is 0 Å². The average Bonchev–Trinajstić information content (AvgIpc) is 2.18. The smallest absolute Gasteiger partial charge is 0.216 e. The van der Waals surface area contributed by atoms with Crippen molar-refractivity contribution in [2.75, 3.05) is 13.1 Å². The van der Waals surface area contributed by atoms with Crippen molar-refractivity contribution in [2.24, 2.45) is 5.73 Å². The second-order valence-corrected chi connectivity index (χ2v) is 7.24. The standard InChI is InChI=1S/C10H22N2O2S/c1-9(2)15(13,14)12-7-5-4-6-10(12,3)8-11/h9H,4-8,11H2,1-3H3. The molecule has 90 valence electrons. The highest BCUT2D eigenvalue weighted by Gasteiger charge is 2.41. The molecule has 0 aliphatic carbocycles. The lowest BCUT2D eigenvalue weighted by Crippen LogP contribution is -2.58. The SMILES string of the molecule is CC(C)S(=O)(=O)N1CCCCC1(C)CN. The zero-order valence-electron chi connectivity index (χ0n) is 9.86. The maximum Gasteiger partial charge on any atom is 0.216 e. The van der Waals surface area contributed by atoms with Gasteiger partial charge in [-0.05, 0) is 33.6 Å². The number of sulfonamides is 1. The van der Waals surface area contributed by atoms with E-state index >= 15 is 0 Å². The number of hydrogen-bond donors (Lipinski definition) is 1. The molecule has 15 heavy (non-hydrogen) atoms. The summed E-state index contributed by atoms with van der Waals surface area (Å²) in [5.74, 6) is 0. The van der Waals surface area contributed by atoms with Crippen molar-refractivity contribution in [2.45, 2.75) is 50.8 Å². The summed E-state index contributed by atoms with van der Waals surface area (Å²) in [4.78, 5) is 0. The molecule has 0 bridgehead atoms. The van der Waals surface area contributed by atoms with E-state index in [2.05, 4.69) is 0 Å². The van der Waals surface area contributed by atoms with Crippen LogP contribution in [0.1, 0.15) is 40.0 Å². The van der Waals surface area contributed by atoms with Crippen LogP contribution < -0.4 is 5.73 Å². The van der Waals surface area contributed by atoms with Crippen molar-refractivity contribution in [1.82, 2.24) is 4.31 Å². The van der Waals surface area contributed by atoms with Gasteiger partial charge in [0.2, 0.25) is 10.0 Å². The summed E-state index contributed by atoms with van der Waals surface area (Å²) in [7, 11) is -3.17. The Morgan fingerprint density at radius 1 is 1.40 bits per heavy atom. The minimum absolute atomic E-state index is 0.360. The summed E-state index contributed by atoms with van der Waals surface area (Å²) in [5.41, 5.74) is 5.34. The molecule has 1 fully saturated rings. The van der Waals surface area contributed by atoms with E-state index in [-0.39, 0.29) is 10.8 Å². The molecule has 0 radical (unpaired) electrons. The van der Waals surface area contributed by atoms with E-state index in [9.17, 15) is 8.42 Å². The van der Waals surface area contributed by atoms with Gasteiger partial charge in [0.1, 0.15) is 0 Å². The number of piperidine rings is 1. The van der Waals surface area contributed by atoms with E-state index in [1.54, 1.807) is 18.2 Å². The molecule has 1 aliphatic rings. The summed E-state index contributed by atoms with van der Waals surface area (Å²) in [5, 5.41) is -0.360. The fraction of sp³-hybridized carbons (Fsp3) is 1.00. The normalized spacial score (nSPS) is 29.7. The summed E-state index contributed by atoms with van der Waals surface area (Å²) in [6, 6.07) is 0. The lowest BCUT2D eigenvalue weighted by molar-refractivity contribution is 0.157. The third-order valence-corrected chi connectivity index (χ3v) is 5.70. The first-order valence-electron chi connectivity index (χ1n) is 5.56. The molecule has 0 amide bonds. The third-order valence-electron chi connectivity index (χ3n) is 3.27. The van der Waals surface area contributed by atoms with Crippen molar-refractivity contribution in [1.29, 1.82) is 0 Å². The van der Waals surface area contributed by atoms with Crippen molar-refractivity contribution >= 4 is 10.0 Å². The van der Waals surface area contributed by atoms with Gasteiger partial charge in [0, 0.05) is 18.6 Å². The molecule has 2 N–H and O–H groups in total. The summed E-state index contributed by atoms with van der Waals surface area (Å²) < 4.78 is 25.9. The Bertz CT molecular complexity index is 313. The van der Waals surface area contributed by atoms with Gasteiger partial charge in [-0.3, -0.25) is 0 Å². The van der Waals surface area contributed by atoms with Crippen LogP contribution >= 0.6 is 0 Å². The summed E-state index contributed by atoms with van der Waals surface area (Å²) >= 11 is 0. The van der Waals surface area contributed by atoms with Gasteiger partial charge in [-0.25, -0.2) is 8.42 Å². The van der Waals surface area contributed by atoms with Crippen molar-refractivity contribution in [3.05, 3.63) is 0 Å². The van der Waals surface area contributed by atoms with Crippen molar-refractivity contribution < 1.29 is 8.42 Å². The number of nitrogens with two attached hydrogens (primary N) is 1. The topological polar surface area (TPSA) is 63.4 Å². The van der Waals surface area contributed by atoms with Crippen LogP contribution in [0.15, 0.2) is 0 Å². The van der Waals surface area contributed by atoms with Gasteiger partial charge in [0.15, 0.2) is 0 Å². The quantitative estimate of drug-likeness (QED) is 0.790. The van der Waals surface area contributed by atoms with Gasteiger partial charge in [-0.2, -0.15) is 4.31 Å². The van der Waals surface area contributed by atoms with Crippen LogP contribution in [0.4, 0.5) is 0 Å². The fourth-order valence-corrected chi connectivity index (χ4v) is 3.72. The maximum atomic E-state index is 12.1. The van der Waals surface area contributed by atoms with Gasteiger partial charge in [-0.15, -0.1) is 0 Å². The zero-order valence-corrected chi connectivity index (χ0v) is 10.7. The molecule has 0 aromatic rings. The molecule has 0 spiro atoms. The average molecular weight is 234 g/mol. The molecular weight excluding hydrogens is 212 g/mol. The van der Waals surface area contributed by atoms with Gasteiger partial charge in [0.05, 0.1) is 5.25 Å². The van der Waals surface area contributed by atoms with Gasteiger partial charge in [0.25, 0.3) is 0 Å². The van der Waals surface area contributed by atoms with Gasteiger partial charge >= 0.3 is 0 Å². The highest BCUT2D eigenvalue weighted by atomic mass is 32.2. The zero-order chi connectivity index (χ0) is 11.7. The first kappa shape index (κ1) is 12.9. The van der Waals surface area contributed by atoms with E-state index in [0.29, 0.717) is 13.1 Å². The van der Waals surface area contributed by atoms with Crippen LogP contribution in [0.5, 0.6) is 0 Å². The third kappa shape index (κ3) is 2.34. The van der Waals surface area contributed by atoms with Gasteiger partial charge < -0.3 is 5.73 Å². The molecule has 1 heterocycles. The molecule has 1 atom stereocenters. The second-order valence-electron chi connectivity index (χ2n) is 4.82. The lowest BCUT2D eigenvalue weighted by atomic mass is 9.91. The van der Waals surface area contributed by atoms with Crippen LogP contribution in [0.25, 0.3) is 0 Å². The summed E-state index contributed by atoms with van der Waals surface area (Å²) in [6.07, 6.45) is 2.88. The maximum absolute atomic E-state index is 12.1. The number of rotatable bonds is 3. The minimum Gasteiger partial charge on any atom is -0.329 e. The highest BCUT2D eigenvalue weighted by molar-refractivity contribution is 7.89. The number of hydrogen-bond acceptors (Lipinski definition) is 3. The predicted octanol–water partition coefficient (Wildman–Crippen LogP) is 0.928. The Kier molecular flexibility index (Phi) is 3.79. The lowest BCUT2D eigenvalue weighted by Gasteiger charge is -2.43. The van der Waals surface area contributed by atoms with E-state index in [1.165, 1.54) is 0 Å². The van der Waals surface area contributed by atoms with Crippen LogP contribution in [0, 0.1) is 0 Å². The van der Waals surface area contributed by atoms with Crippen molar-refractivity contribution in [3.63, 3.8) is 0 Å². The van der Waals surface area contributed by atoms with Crippen LogP contribution in [-0.2, 0) is 10.0 Å². The Morgan fingerprint density at radius 2 is 2.00 bits per heavy atom. The summed E-state index contributed by atoms with van der Waals surface area (Å²) in [6.45, 7) is 6.42. The monoisotopic (exact) mass is 234 g/mol. The molecule has 1 unspecified atom stereocenters. The predicted molar refractivity (Wildman–Crippen MR) is 62.1 cm³/mol. The van der Waals surface area contributed by atoms with Crippen LogP contribution in [0.3, 0.4) is 0 Å². The minimum atomic E-state index is -3.17. The molecule has 5 heteroatoms. The largest absolute Gasteiger partial charge is 0.329 e. The molecule has 1 saturated heterocycles. The van der Waals surface area contributed by atoms with E-state index in [4.69, 9.17) is 5.73 Å². The van der Waals surface area contributed by atoms with E-state index in [1.807, 2.05) is 6.92 Å². The molecule has 1 aliphatic heterocycles. The highest BCUT2D eigenvalue weighted by Crippen LogP contribution is 2.30. The second kappa shape index (κ2) is 4.39. The van der Waals surface area contributed by atoms with Crippen LogP contribution in [0.2, 0.25) is 0 Å². The number of nitrogens with zero attached hydrogens (tertiary/aromatic N) is 1. The van der Waals surface area contributed by atoms with Gasteiger partial charge in [-0.1, -0.05) is 6.42 Å². The molecule has 4 nitrogen and oxygen atoms in total. The first-order valence-corrected chi connectivity index (χ1v) is 7.06. The molecule has 0 aromatic carbocycles. The van der Waals surface area contributed by atoms with Crippen LogP contribution in [-0.4, -0.2) is 36.6 Å². The molecule has 0 aromatic heterocycles. The Hall–Kier alpha value is -0.130. The molecule has 1 rings (SSSR count). The first-order chi connectivity index (χ1) is 6.84. The van der Waals surface area contributed by atoms with E-state index < -0.39 is 10.0 Å². The fourth-order valence-electron chi connectivity index (χ4n) is 2.05.